The van der Waals surface area contributed by atoms with Gasteiger partial charge < -0.3 is 5.32 Å². The summed E-state index contributed by atoms with van der Waals surface area (Å²) in [6.07, 6.45) is 0. The van der Waals surface area contributed by atoms with Crippen molar-refractivity contribution in [3.63, 3.8) is 0 Å². The van der Waals surface area contributed by atoms with Crippen molar-refractivity contribution in [1.82, 2.24) is 14.8 Å². The Kier molecular flexibility index (Phi) is 2.73. The van der Waals surface area contributed by atoms with Gasteiger partial charge in [-0.25, -0.2) is 4.68 Å². The molecule has 1 N–H and O–H groups in total. The van der Waals surface area contributed by atoms with Gasteiger partial charge in [0, 0.05) is 24.1 Å². The van der Waals surface area contributed by atoms with Gasteiger partial charge in [-0.15, -0.1) is 5.10 Å². The monoisotopic (exact) mass is 266 g/mol. The standard InChI is InChI=1S/C10H11BrN4/c1-12-10-13-9(15(2)14-10)7-4-3-5-8(11)6-7/h3-6H,1-2H3,(H,12,14). The lowest BCUT2D eigenvalue weighted by atomic mass is 10.2. The van der Waals surface area contributed by atoms with Crippen molar-refractivity contribution in [3.8, 4) is 11.4 Å². The van der Waals surface area contributed by atoms with Gasteiger partial charge in [-0.3, -0.25) is 0 Å². The number of aromatic nitrogens is 3. The molecule has 0 aliphatic heterocycles. The van der Waals surface area contributed by atoms with Crippen LogP contribution in [-0.2, 0) is 7.05 Å². The molecular weight excluding hydrogens is 256 g/mol. The fourth-order valence-corrected chi connectivity index (χ4v) is 1.77. The molecule has 1 aromatic carbocycles. The van der Waals surface area contributed by atoms with Crippen LogP contribution in [0, 0.1) is 0 Å². The lowest BCUT2D eigenvalue weighted by molar-refractivity contribution is 0.777. The van der Waals surface area contributed by atoms with Gasteiger partial charge in [-0.2, -0.15) is 4.98 Å². The van der Waals surface area contributed by atoms with Crippen LogP contribution in [-0.4, -0.2) is 21.8 Å². The second-order valence-corrected chi connectivity index (χ2v) is 4.06. The Hall–Kier alpha value is -1.36. The molecule has 0 saturated carbocycles. The summed E-state index contributed by atoms with van der Waals surface area (Å²) in [5, 5.41) is 7.13. The molecule has 0 radical (unpaired) electrons. The number of hydrogen-bond donors (Lipinski definition) is 1. The highest BCUT2D eigenvalue weighted by Gasteiger charge is 2.07. The molecule has 2 aromatic rings. The van der Waals surface area contributed by atoms with Gasteiger partial charge in [0.05, 0.1) is 0 Å². The zero-order valence-electron chi connectivity index (χ0n) is 8.53. The highest BCUT2D eigenvalue weighted by molar-refractivity contribution is 9.10. The first kappa shape index (κ1) is 10.2. The van der Waals surface area contributed by atoms with E-state index in [2.05, 4.69) is 31.3 Å². The Balaban J connectivity index is 2.48. The third kappa shape index (κ3) is 2.02. The summed E-state index contributed by atoms with van der Waals surface area (Å²) in [6.45, 7) is 0. The SMILES string of the molecule is CNc1nc(-c2cccc(Br)c2)n(C)n1. The minimum Gasteiger partial charge on any atom is -0.356 e. The van der Waals surface area contributed by atoms with Crippen molar-refractivity contribution in [3.05, 3.63) is 28.7 Å². The summed E-state index contributed by atoms with van der Waals surface area (Å²) in [7, 11) is 3.68. The molecule has 0 bridgehead atoms. The van der Waals surface area contributed by atoms with Crippen molar-refractivity contribution in [2.75, 3.05) is 12.4 Å². The smallest absolute Gasteiger partial charge is 0.242 e. The minimum atomic E-state index is 0.632. The van der Waals surface area contributed by atoms with Gasteiger partial charge in [-0.1, -0.05) is 28.1 Å². The van der Waals surface area contributed by atoms with Crippen LogP contribution in [0.5, 0.6) is 0 Å². The molecule has 0 aliphatic rings. The van der Waals surface area contributed by atoms with E-state index in [1.807, 2.05) is 31.3 Å². The molecule has 2 rings (SSSR count). The highest BCUT2D eigenvalue weighted by atomic mass is 79.9. The summed E-state index contributed by atoms with van der Waals surface area (Å²) in [6, 6.07) is 7.99. The molecular formula is C10H11BrN4. The molecule has 1 heterocycles. The van der Waals surface area contributed by atoms with E-state index in [1.165, 1.54) is 0 Å². The Morgan fingerprint density at radius 2 is 2.20 bits per heavy atom. The average molecular weight is 267 g/mol. The zero-order chi connectivity index (χ0) is 10.8. The topological polar surface area (TPSA) is 42.7 Å². The van der Waals surface area contributed by atoms with Crippen LogP contribution in [0.4, 0.5) is 5.95 Å². The molecule has 78 valence electrons. The summed E-state index contributed by atoms with van der Waals surface area (Å²) < 4.78 is 2.79. The van der Waals surface area contributed by atoms with Crippen molar-refractivity contribution in [1.29, 1.82) is 0 Å². The van der Waals surface area contributed by atoms with Gasteiger partial charge in [-0.05, 0) is 12.1 Å². The first-order valence-corrected chi connectivity index (χ1v) is 5.34. The predicted octanol–water partition coefficient (Wildman–Crippen LogP) is 2.29. The molecule has 0 unspecified atom stereocenters. The summed E-state index contributed by atoms with van der Waals surface area (Å²) in [5.74, 6) is 1.48. The largest absolute Gasteiger partial charge is 0.356 e. The third-order valence-corrected chi connectivity index (χ3v) is 2.56. The molecule has 0 fully saturated rings. The maximum Gasteiger partial charge on any atom is 0.242 e. The molecule has 15 heavy (non-hydrogen) atoms. The lowest BCUT2D eigenvalue weighted by Crippen LogP contribution is -1.94. The average Bonchev–Trinajstić information content (AvgIpc) is 2.60. The van der Waals surface area contributed by atoms with Crippen LogP contribution < -0.4 is 5.32 Å². The van der Waals surface area contributed by atoms with Crippen LogP contribution in [0.15, 0.2) is 28.7 Å². The van der Waals surface area contributed by atoms with Crippen LogP contribution in [0.25, 0.3) is 11.4 Å². The fourth-order valence-electron chi connectivity index (χ4n) is 1.37. The van der Waals surface area contributed by atoms with Gasteiger partial charge in [0.2, 0.25) is 5.95 Å². The Morgan fingerprint density at radius 1 is 1.40 bits per heavy atom. The summed E-state index contributed by atoms with van der Waals surface area (Å²) >= 11 is 3.43. The Bertz CT molecular complexity index is 478. The molecule has 0 atom stereocenters. The number of hydrogen-bond acceptors (Lipinski definition) is 3. The molecule has 0 saturated heterocycles. The Labute approximate surface area is 96.5 Å². The number of nitrogens with one attached hydrogen (secondary N) is 1. The van der Waals surface area contributed by atoms with Crippen molar-refractivity contribution < 1.29 is 0 Å². The van der Waals surface area contributed by atoms with E-state index < -0.39 is 0 Å². The van der Waals surface area contributed by atoms with Crippen LogP contribution in [0.1, 0.15) is 0 Å². The van der Waals surface area contributed by atoms with E-state index in [4.69, 9.17) is 0 Å². The predicted molar refractivity (Wildman–Crippen MR) is 63.7 cm³/mol. The molecule has 0 amide bonds. The van der Waals surface area contributed by atoms with E-state index in [0.29, 0.717) is 5.95 Å². The normalized spacial score (nSPS) is 10.3. The van der Waals surface area contributed by atoms with Gasteiger partial charge in [0.1, 0.15) is 0 Å². The van der Waals surface area contributed by atoms with E-state index in [1.54, 1.807) is 11.7 Å². The summed E-state index contributed by atoms with van der Waals surface area (Å²) in [5.41, 5.74) is 1.04. The van der Waals surface area contributed by atoms with E-state index >= 15 is 0 Å². The summed E-state index contributed by atoms with van der Waals surface area (Å²) in [4.78, 5) is 4.36. The second kappa shape index (κ2) is 4.02. The van der Waals surface area contributed by atoms with Crippen molar-refractivity contribution in [2.45, 2.75) is 0 Å². The number of nitrogens with zero attached hydrogens (tertiary/aromatic N) is 3. The van der Waals surface area contributed by atoms with Crippen molar-refractivity contribution in [2.24, 2.45) is 7.05 Å². The number of benzene rings is 1. The Morgan fingerprint density at radius 3 is 2.80 bits per heavy atom. The van der Waals surface area contributed by atoms with E-state index in [9.17, 15) is 0 Å². The molecule has 0 spiro atoms. The maximum atomic E-state index is 4.36. The molecule has 0 aliphatic carbocycles. The first-order valence-electron chi connectivity index (χ1n) is 4.55. The third-order valence-electron chi connectivity index (χ3n) is 2.07. The van der Waals surface area contributed by atoms with Gasteiger partial charge in [0.25, 0.3) is 0 Å². The lowest BCUT2D eigenvalue weighted by Gasteiger charge is -1.99. The molecule has 5 heteroatoms. The fraction of sp³-hybridized carbons (Fsp3) is 0.200. The van der Waals surface area contributed by atoms with Gasteiger partial charge >= 0.3 is 0 Å². The van der Waals surface area contributed by atoms with Crippen LogP contribution >= 0.6 is 15.9 Å². The van der Waals surface area contributed by atoms with E-state index in [-0.39, 0.29) is 0 Å². The number of anilines is 1. The zero-order valence-corrected chi connectivity index (χ0v) is 10.1. The number of aryl methyl sites for hydroxylation is 1. The van der Waals surface area contributed by atoms with Crippen LogP contribution in [0.2, 0.25) is 0 Å². The van der Waals surface area contributed by atoms with Crippen LogP contribution in [0.3, 0.4) is 0 Å². The number of halogens is 1. The first-order chi connectivity index (χ1) is 7.20. The minimum absolute atomic E-state index is 0.632. The highest BCUT2D eigenvalue weighted by Crippen LogP contribution is 2.21. The van der Waals surface area contributed by atoms with Gasteiger partial charge in [0.15, 0.2) is 5.82 Å². The number of rotatable bonds is 2. The van der Waals surface area contributed by atoms with Crippen molar-refractivity contribution >= 4 is 21.9 Å². The molecule has 4 nitrogen and oxygen atoms in total. The maximum absolute atomic E-state index is 4.36. The molecule has 1 aromatic heterocycles. The second-order valence-electron chi connectivity index (χ2n) is 3.14. The quantitative estimate of drug-likeness (QED) is 0.907. The van der Waals surface area contributed by atoms with E-state index in [0.717, 1.165) is 15.9 Å².